The van der Waals surface area contributed by atoms with E-state index in [4.69, 9.17) is 18.5 Å². The zero-order valence-electron chi connectivity index (χ0n) is 16.6. The zero-order chi connectivity index (χ0) is 20.6. The molecule has 1 unspecified atom stereocenters. The van der Waals surface area contributed by atoms with Crippen LogP contribution in [0, 0.1) is 0 Å². The summed E-state index contributed by atoms with van der Waals surface area (Å²) >= 11 is 1.41. The van der Waals surface area contributed by atoms with Crippen molar-refractivity contribution in [1.82, 2.24) is 5.32 Å². The van der Waals surface area contributed by atoms with Crippen molar-refractivity contribution in [2.24, 2.45) is 4.99 Å². The van der Waals surface area contributed by atoms with Gasteiger partial charge in [0.05, 0.1) is 46.1 Å². The number of carbonyl (C=O) groups excluding carboxylic acids is 1. The number of rotatable bonds is 10. The van der Waals surface area contributed by atoms with E-state index in [-0.39, 0.29) is 24.5 Å². The van der Waals surface area contributed by atoms with Gasteiger partial charge in [0.15, 0.2) is 16.7 Å². The van der Waals surface area contributed by atoms with Crippen LogP contribution in [0.2, 0.25) is 0 Å². The monoisotopic (exact) mass is 430 g/mol. The first-order valence-electron chi connectivity index (χ1n) is 9.03. The van der Waals surface area contributed by atoms with Gasteiger partial charge in [-0.15, -0.1) is 0 Å². The van der Waals surface area contributed by atoms with Gasteiger partial charge in [-0.1, -0.05) is 23.9 Å². The molecule has 0 aliphatic carbocycles. The number of nitrogens with zero attached hydrogens (tertiary/aromatic N) is 1. The fourth-order valence-corrected chi connectivity index (χ4v) is 5.73. The SMILES string of the molecule is CCOP(=O)(CC1CSC(NC(=O)Cc2cccc(OC)c2OC)=N1)OCC. The Morgan fingerprint density at radius 3 is 2.57 bits per heavy atom. The van der Waals surface area contributed by atoms with E-state index in [1.807, 2.05) is 6.07 Å². The molecule has 1 aromatic rings. The Bertz CT molecular complexity index is 748. The number of thioether (sulfide) groups is 1. The highest BCUT2D eigenvalue weighted by atomic mass is 32.2. The van der Waals surface area contributed by atoms with Crippen molar-refractivity contribution in [3.8, 4) is 11.5 Å². The van der Waals surface area contributed by atoms with Crippen molar-refractivity contribution in [2.75, 3.05) is 39.3 Å². The number of carbonyl (C=O) groups is 1. The van der Waals surface area contributed by atoms with E-state index < -0.39 is 7.60 Å². The van der Waals surface area contributed by atoms with Gasteiger partial charge in [0, 0.05) is 11.3 Å². The third kappa shape index (κ3) is 6.24. The van der Waals surface area contributed by atoms with Gasteiger partial charge in [-0.05, 0) is 19.9 Å². The van der Waals surface area contributed by atoms with Crippen LogP contribution in [0.15, 0.2) is 23.2 Å². The number of para-hydroxylation sites is 1. The first-order valence-corrected chi connectivity index (χ1v) is 11.7. The van der Waals surface area contributed by atoms with E-state index in [1.165, 1.54) is 18.9 Å². The third-order valence-corrected chi connectivity index (χ3v) is 7.08. The smallest absolute Gasteiger partial charge is 0.332 e. The fraction of sp³-hybridized carbons (Fsp3) is 0.556. The predicted octanol–water partition coefficient (Wildman–Crippen LogP) is 3.10. The quantitative estimate of drug-likeness (QED) is 0.570. The molecule has 1 amide bonds. The molecule has 1 aromatic carbocycles. The van der Waals surface area contributed by atoms with Gasteiger partial charge in [-0.25, -0.2) is 0 Å². The summed E-state index contributed by atoms with van der Waals surface area (Å²) in [5, 5.41) is 3.31. The molecule has 1 heterocycles. The maximum Gasteiger partial charge on any atom is 0.332 e. The molecule has 8 nitrogen and oxygen atoms in total. The summed E-state index contributed by atoms with van der Waals surface area (Å²) in [4.78, 5) is 16.9. The number of ether oxygens (including phenoxy) is 2. The summed E-state index contributed by atoms with van der Waals surface area (Å²) in [6.07, 6.45) is 0.325. The van der Waals surface area contributed by atoms with Gasteiger partial charge in [0.1, 0.15) is 0 Å². The Hall–Kier alpha value is -1.54. The van der Waals surface area contributed by atoms with Crippen molar-refractivity contribution >= 4 is 30.4 Å². The Balaban J connectivity index is 1.98. The molecule has 0 aromatic heterocycles. The molecule has 0 saturated heterocycles. The molecule has 0 bridgehead atoms. The highest BCUT2D eigenvalue weighted by molar-refractivity contribution is 8.14. The second kappa shape index (κ2) is 10.9. The Labute approximate surface area is 169 Å². The van der Waals surface area contributed by atoms with E-state index in [0.717, 1.165) is 5.56 Å². The van der Waals surface area contributed by atoms with E-state index in [1.54, 1.807) is 33.1 Å². The van der Waals surface area contributed by atoms with Crippen LogP contribution >= 0.6 is 19.4 Å². The highest BCUT2D eigenvalue weighted by Gasteiger charge is 2.31. The van der Waals surface area contributed by atoms with Crippen LogP contribution in [0.5, 0.6) is 11.5 Å². The average molecular weight is 430 g/mol. The van der Waals surface area contributed by atoms with Crippen LogP contribution in [0.3, 0.4) is 0 Å². The van der Waals surface area contributed by atoms with Crippen LogP contribution in [0.1, 0.15) is 19.4 Å². The van der Waals surface area contributed by atoms with Crippen molar-refractivity contribution < 1.29 is 27.9 Å². The van der Waals surface area contributed by atoms with Crippen molar-refractivity contribution in [1.29, 1.82) is 0 Å². The summed E-state index contributed by atoms with van der Waals surface area (Å²) in [6, 6.07) is 5.17. The number of nitrogens with one attached hydrogen (secondary N) is 1. The molecule has 0 saturated carbocycles. The molecule has 1 aliphatic heterocycles. The van der Waals surface area contributed by atoms with Gasteiger partial charge in [0.2, 0.25) is 5.91 Å². The van der Waals surface area contributed by atoms with Crippen molar-refractivity contribution in [3.63, 3.8) is 0 Å². The van der Waals surface area contributed by atoms with Crippen LogP contribution in [-0.4, -0.2) is 56.5 Å². The highest BCUT2D eigenvalue weighted by Crippen LogP contribution is 2.49. The predicted molar refractivity (Wildman–Crippen MR) is 111 cm³/mol. The number of aliphatic imine (C=N–C) groups is 1. The average Bonchev–Trinajstić information content (AvgIpc) is 3.07. The maximum atomic E-state index is 12.6. The van der Waals surface area contributed by atoms with Crippen LogP contribution in [-0.2, 0) is 24.8 Å². The molecule has 1 atom stereocenters. The van der Waals surface area contributed by atoms with E-state index in [2.05, 4.69) is 10.3 Å². The van der Waals surface area contributed by atoms with Gasteiger partial charge in [0.25, 0.3) is 0 Å². The number of amidine groups is 1. The topological polar surface area (TPSA) is 95.5 Å². The minimum Gasteiger partial charge on any atom is -0.493 e. The zero-order valence-corrected chi connectivity index (χ0v) is 18.3. The van der Waals surface area contributed by atoms with Crippen LogP contribution in [0.4, 0.5) is 0 Å². The number of methoxy groups -OCH3 is 2. The largest absolute Gasteiger partial charge is 0.493 e. The number of hydrogen-bond donors (Lipinski definition) is 1. The summed E-state index contributed by atoms with van der Waals surface area (Å²) in [7, 11) is -0.0793. The minimum atomic E-state index is -3.17. The molecule has 2 rings (SSSR count). The third-order valence-electron chi connectivity index (χ3n) is 3.88. The number of benzene rings is 1. The van der Waals surface area contributed by atoms with Gasteiger partial charge in [-0.2, -0.15) is 0 Å². The molecule has 1 aliphatic rings. The lowest BCUT2D eigenvalue weighted by Gasteiger charge is -2.18. The van der Waals surface area contributed by atoms with E-state index in [0.29, 0.717) is 35.6 Å². The van der Waals surface area contributed by atoms with Crippen molar-refractivity contribution in [2.45, 2.75) is 26.3 Å². The minimum absolute atomic E-state index is 0.126. The summed E-state index contributed by atoms with van der Waals surface area (Å²) < 4.78 is 33.9. The Morgan fingerprint density at radius 1 is 1.25 bits per heavy atom. The Kier molecular flexibility index (Phi) is 8.82. The normalized spacial score (nSPS) is 16.6. The van der Waals surface area contributed by atoms with Crippen molar-refractivity contribution in [3.05, 3.63) is 23.8 Å². The lowest BCUT2D eigenvalue weighted by Crippen LogP contribution is -2.29. The first-order chi connectivity index (χ1) is 13.4. The summed E-state index contributed by atoms with van der Waals surface area (Å²) in [5.74, 6) is 1.51. The second-order valence-electron chi connectivity index (χ2n) is 5.91. The molecular weight excluding hydrogens is 403 g/mol. The standard InChI is InChI=1S/C18H27N2O6PS/c1-5-25-27(22,26-6-2)11-14-12-28-18(19-14)20-16(21)10-13-8-7-9-15(23-3)17(13)24-4/h7-9,14H,5-6,10-12H2,1-4H3,(H,19,20,21). The van der Waals surface area contributed by atoms with Gasteiger partial charge in [-0.3, -0.25) is 14.4 Å². The van der Waals surface area contributed by atoms with E-state index in [9.17, 15) is 9.36 Å². The molecule has 0 radical (unpaired) electrons. The van der Waals surface area contributed by atoms with Gasteiger partial charge < -0.3 is 23.8 Å². The number of amides is 1. The molecule has 0 spiro atoms. The van der Waals surface area contributed by atoms with Crippen LogP contribution in [0.25, 0.3) is 0 Å². The fourth-order valence-electron chi connectivity index (χ4n) is 2.80. The van der Waals surface area contributed by atoms with E-state index >= 15 is 0 Å². The number of hydrogen-bond acceptors (Lipinski definition) is 8. The molecule has 10 heteroatoms. The summed E-state index contributed by atoms with van der Waals surface area (Å²) in [5.41, 5.74) is 0.719. The molecule has 28 heavy (non-hydrogen) atoms. The Morgan fingerprint density at radius 2 is 1.96 bits per heavy atom. The maximum absolute atomic E-state index is 12.6. The summed E-state index contributed by atoms with van der Waals surface area (Å²) in [6.45, 7) is 4.17. The molecule has 0 fully saturated rings. The first kappa shape index (κ1) is 22.7. The van der Waals surface area contributed by atoms with Crippen LogP contribution < -0.4 is 14.8 Å². The molecule has 1 N–H and O–H groups in total. The molecular formula is C18H27N2O6PS. The van der Waals surface area contributed by atoms with Gasteiger partial charge >= 0.3 is 7.60 Å². The lowest BCUT2D eigenvalue weighted by molar-refractivity contribution is -0.119. The molecule has 156 valence electrons. The second-order valence-corrected chi connectivity index (χ2v) is 9.02. The lowest BCUT2D eigenvalue weighted by atomic mass is 10.1.